The molecule has 1 aliphatic heterocycles. The van der Waals surface area contributed by atoms with Crippen LogP contribution in [0, 0.1) is 0 Å². The summed E-state index contributed by atoms with van der Waals surface area (Å²) < 4.78 is 17.1. The van der Waals surface area contributed by atoms with Crippen LogP contribution >= 0.6 is 0 Å². The zero-order valence-corrected chi connectivity index (χ0v) is 15.1. The average molecular weight is 338 g/mol. The second-order valence-electron chi connectivity index (χ2n) is 7.02. The lowest BCUT2D eigenvalue weighted by molar-refractivity contribution is -0.0229. The quantitative estimate of drug-likeness (QED) is 0.635. The second-order valence-corrected chi connectivity index (χ2v) is 7.02. The van der Waals surface area contributed by atoms with E-state index in [2.05, 4.69) is 20.8 Å². The molecule has 25 heavy (non-hydrogen) atoms. The van der Waals surface area contributed by atoms with Gasteiger partial charge in [-0.2, -0.15) is 0 Å². The number of rotatable bonds is 3. The van der Waals surface area contributed by atoms with Crippen LogP contribution < -0.4 is 5.46 Å². The zero-order valence-electron chi connectivity index (χ0n) is 15.1. The first-order valence-corrected chi connectivity index (χ1v) is 8.50. The monoisotopic (exact) mass is 338 g/mol. The van der Waals surface area contributed by atoms with Gasteiger partial charge < -0.3 is 14.0 Å². The summed E-state index contributed by atoms with van der Waals surface area (Å²) in [5.41, 5.74) is 3.08. The molecule has 0 aliphatic carbocycles. The number of hydrogen-bond donors (Lipinski definition) is 0. The van der Waals surface area contributed by atoms with Crippen LogP contribution in [0.2, 0.25) is 0 Å². The van der Waals surface area contributed by atoms with Crippen LogP contribution in [-0.2, 0) is 14.0 Å². The normalized spacial score (nSPS) is 19.5. The van der Waals surface area contributed by atoms with Crippen molar-refractivity contribution in [2.45, 2.75) is 38.9 Å². The van der Waals surface area contributed by atoms with Crippen molar-refractivity contribution in [2.24, 2.45) is 0 Å². The van der Waals surface area contributed by atoms with Gasteiger partial charge in [-0.1, -0.05) is 36.4 Å². The first-order valence-electron chi connectivity index (χ1n) is 8.50. The Labute approximate surface area is 149 Å². The molecule has 2 aromatic carbocycles. The van der Waals surface area contributed by atoms with Crippen LogP contribution in [0.4, 0.5) is 0 Å². The number of hydrogen-bond acceptors (Lipinski definition) is 4. The Morgan fingerprint density at radius 1 is 1.20 bits per heavy atom. The van der Waals surface area contributed by atoms with Crippen molar-refractivity contribution < 1.29 is 18.8 Å². The van der Waals surface area contributed by atoms with E-state index in [9.17, 15) is 4.79 Å². The molecule has 1 fully saturated rings. The number of methoxy groups -OCH3 is 1. The van der Waals surface area contributed by atoms with E-state index in [0.29, 0.717) is 5.56 Å². The predicted molar refractivity (Wildman–Crippen MR) is 98.9 cm³/mol. The van der Waals surface area contributed by atoms with Gasteiger partial charge in [0.25, 0.3) is 0 Å². The predicted octanol–water partition coefficient (Wildman–Crippen LogP) is 3.44. The Bertz CT molecular complexity index is 758. The van der Waals surface area contributed by atoms with Crippen LogP contribution in [-0.4, -0.2) is 31.9 Å². The Morgan fingerprint density at radius 2 is 1.92 bits per heavy atom. The topological polar surface area (TPSA) is 44.8 Å². The molecule has 0 saturated carbocycles. The van der Waals surface area contributed by atoms with Crippen LogP contribution in [0.15, 0.2) is 48.5 Å². The highest BCUT2D eigenvalue weighted by molar-refractivity contribution is 6.63. The Hall–Kier alpha value is -2.11. The fourth-order valence-electron chi connectivity index (χ4n) is 3.33. The molecule has 130 valence electrons. The minimum Gasteiger partial charge on any atom is -0.465 e. The highest BCUT2D eigenvalue weighted by atomic mass is 16.6. The number of carbonyl (C=O) groups excluding carboxylic acids is 1. The summed E-state index contributed by atoms with van der Waals surface area (Å²) in [4.78, 5) is 12.0. The molecule has 4 nitrogen and oxygen atoms in total. The molecule has 5 heteroatoms. The molecule has 1 saturated heterocycles. The van der Waals surface area contributed by atoms with Gasteiger partial charge in [-0.25, -0.2) is 4.79 Å². The van der Waals surface area contributed by atoms with E-state index in [1.165, 1.54) is 7.11 Å². The first kappa shape index (κ1) is 17.7. The molecule has 3 rings (SSSR count). The van der Waals surface area contributed by atoms with E-state index in [1.54, 1.807) is 6.07 Å². The highest BCUT2D eigenvalue weighted by Gasteiger charge is 2.39. The van der Waals surface area contributed by atoms with Crippen molar-refractivity contribution in [1.82, 2.24) is 0 Å². The van der Waals surface area contributed by atoms with Gasteiger partial charge in [-0.15, -0.1) is 0 Å². The first-order chi connectivity index (χ1) is 11.9. The molecule has 1 atom stereocenters. The Morgan fingerprint density at radius 3 is 2.56 bits per heavy atom. The van der Waals surface area contributed by atoms with E-state index in [-0.39, 0.29) is 17.7 Å². The van der Waals surface area contributed by atoms with Crippen molar-refractivity contribution in [3.63, 3.8) is 0 Å². The van der Waals surface area contributed by atoms with E-state index in [4.69, 9.17) is 14.0 Å². The minimum absolute atomic E-state index is 0.0951. The summed E-state index contributed by atoms with van der Waals surface area (Å²) in [5, 5.41) is 0. The Balaban J connectivity index is 2.08. The summed E-state index contributed by atoms with van der Waals surface area (Å²) >= 11 is 0. The zero-order chi connectivity index (χ0) is 18.0. The van der Waals surface area contributed by atoms with E-state index in [0.717, 1.165) is 23.0 Å². The standard InChI is InChI=1S/C20H23BO4/c1-14-13-20(2,3)25-21(24-14)18-11-10-16(19(22)23-4)12-17(18)15-8-6-5-7-9-15/h5-12,14H,13H2,1-4H3. The van der Waals surface area contributed by atoms with Crippen molar-refractivity contribution in [3.8, 4) is 11.1 Å². The van der Waals surface area contributed by atoms with E-state index < -0.39 is 7.12 Å². The van der Waals surface area contributed by atoms with Gasteiger partial charge >= 0.3 is 13.1 Å². The largest absolute Gasteiger partial charge is 0.495 e. The molecule has 0 bridgehead atoms. The molecule has 0 N–H and O–H groups in total. The third kappa shape index (κ3) is 3.94. The van der Waals surface area contributed by atoms with Gasteiger partial charge in [0.2, 0.25) is 0 Å². The SMILES string of the molecule is COC(=O)c1ccc(B2OC(C)CC(C)(C)O2)c(-c2ccccc2)c1. The third-order valence-corrected chi connectivity index (χ3v) is 4.37. The molecule has 1 heterocycles. The molecular weight excluding hydrogens is 315 g/mol. The molecule has 1 aliphatic rings. The van der Waals surface area contributed by atoms with Gasteiger partial charge in [-0.3, -0.25) is 0 Å². The molecule has 0 spiro atoms. The maximum Gasteiger partial charge on any atom is 0.495 e. The van der Waals surface area contributed by atoms with Crippen LogP contribution in [0.3, 0.4) is 0 Å². The minimum atomic E-state index is -0.472. The fourth-order valence-corrected chi connectivity index (χ4v) is 3.33. The second kappa shape index (κ2) is 7.02. The van der Waals surface area contributed by atoms with Crippen molar-refractivity contribution in [1.29, 1.82) is 0 Å². The van der Waals surface area contributed by atoms with Gasteiger partial charge in [0.1, 0.15) is 0 Å². The summed E-state index contributed by atoms with van der Waals surface area (Å²) in [6.07, 6.45) is 0.933. The summed E-state index contributed by atoms with van der Waals surface area (Å²) in [6.45, 7) is 6.20. The molecule has 0 amide bonds. The van der Waals surface area contributed by atoms with Gasteiger partial charge in [0.05, 0.1) is 18.3 Å². The van der Waals surface area contributed by atoms with E-state index in [1.807, 2.05) is 42.5 Å². The maximum absolute atomic E-state index is 12.0. The molecule has 2 aromatic rings. The summed E-state index contributed by atoms with van der Waals surface area (Å²) in [6, 6.07) is 15.4. The van der Waals surface area contributed by atoms with Gasteiger partial charge in [-0.05, 0) is 55.9 Å². The summed E-state index contributed by atoms with van der Waals surface area (Å²) in [5.74, 6) is -0.358. The number of ether oxygens (including phenoxy) is 1. The lowest BCUT2D eigenvalue weighted by Crippen LogP contribution is -2.52. The number of carbonyl (C=O) groups is 1. The van der Waals surface area contributed by atoms with Crippen molar-refractivity contribution >= 4 is 18.6 Å². The fraction of sp³-hybridized carbons (Fsp3) is 0.350. The van der Waals surface area contributed by atoms with Gasteiger partial charge in [0, 0.05) is 6.10 Å². The summed E-state index contributed by atoms with van der Waals surface area (Å²) in [7, 11) is 0.913. The van der Waals surface area contributed by atoms with Gasteiger partial charge in [0.15, 0.2) is 0 Å². The molecule has 1 unspecified atom stereocenters. The molecular formula is C20H23BO4. The number of esters is 1. The van der Waals surface area contributed by atoms with Crippen molar-refractivity contribution in [3.05, 3.63) is 54.1 Å². The van der Waals surface area contributed by atoms with Crippen LogP contribution in [0.1, 0.15) is 37.6 Å². The lowest BCUT2D eigenvalue weighted by atomic mass is 9.71. The molecule has 0 aromatic heterocycles. The lowest BCUT2D eigenvalue weighted by Gasteiger charge is -2.38. The maximum atomic E-state index is 12.0. The Kier molecular flexibility index (Phi) is 4.97. The molecule has 0 radical (unpaired) electrons. The van der Waals surface area contributed by atoms with Crippen LogP contribution in [0.25, 0.3) is 11.1 Å². The van der Waals surface area contributed by atoms with E-state index >= 15 is 0 Å². The highest BCUT2D eigenvalue weighted by Crippen LogP contribution is 2.28. The smallest absolute Gasteiger partial charge is 0.465 e. The van der Waals surface area contributed by atoms with Crippen molar-refractivity contribution in [2.75, 3.05) is 7.11 Å². The third-order valence-electron chi connectivity index (χ3n) is 4.37. The number of benzene rings is 2. The van der Waals surface area contributed by atoms with Crippen LogP contribution in [0.5, 0.6) is 0 Å². The average Bonchev–Trinajstić information content (AvgIpc) is 2.59.